The molecule has 11 rings (SSSR count). The van der Waals surface area contributed by atoms with E-state index >= 15 is 0 Å². The lowest BCUT2D eigenvalue weighted by atomic mass is 10.0. The van der Waals surface area contributed by atoms with Crippen LogP contribution in [-0.4, -0.2) is 13.7 Å². The van der Waals surface area contributed by atoms with Crippen LogP contribution in [0.2, 0.25) is 0 Å². The normalized spacial score (nSPS) is 13.0. The quantitative estimate of drug-likeness (QED) is 0.180. The molecule has 0 saturated carbocycles. The molecular weight excluding hydrogens is 619 g/mol. The van der Waals surface area contributed by atoms with Crippen LogP contribution >= 0.6 is 0 Å². The predicted molar refractivity (Wildman–Crippen MR) is 215 cm³/mol. The number of aromatic nitrogens is 3. The third-order valence-electron chi connectivity index (χ3n) is 10.4. The van der Waals surface area contributed by atoms with E-state index in [2.05, 4.69) is 130 Å². The van der Waals surface area contributed by atoms with Gasteiger partial charge in [0.15, 0.2) is 0 Å². The van der Waals surface area contributed by atoms with Crippen molar-refractivity contribution in [2.45, 2.75) is 0 Å². The van der Waals surface area contributed by atoms with Crippen molar-refractivity contribution in [1.29, 1.82) is 0 Å². The smallest absolute Gasteiger partial charge is 0.0645 e. The van der Waals surface area contributed by atoms with Crippen LogP contribution in [0.1, 0.15) is 5.48 Å². The zero-order valence-corrected chi connectivity index (χ0v) is 27.4. The van der Waals surface area contributed by atoms with Gasteiger partial charge in [-0.2, -0.15) is 0 Å². The molecule has 3 heteroatoms. The van der Waals surface area contributed by atoms with Gasteiger partial charge in [0.2, 0.25) is 0 Å². The molecular formula is C48H31N3. The second-order valence-electron chi connectivity index (χ2n) is 13.1. The van der Waals surface area contributed by atoms with Crippen molar-refractivity contribution >= 4 is 65.4 Å². The SMILES string of the molecule is [2H]c1c([2H])c([2H])c2c(c1[2H])c1ccccc1n2-c1ccccc1-c1cccc(-n2c3ccccc3c3cc(-n4c5ccccc5c5ccccc54)ccc32)c1. The summed E-state index contributed by atoms with van der Waals surface area (Å²) in [5.74, 6) is 0. The second-order valence-corrected chi connectivity index (χ2v) is 13.1. The van der Waals surface area contributed by atoms with E-state index in [0.29, 0.717) is 10.9 Å². The van der Waals surface area contributed by atoms with E-state index in [1.807, 2.05) is 47.0 Å². The molecule has 238 valence electrons. The maximum Gasteiger partial charge on any atom is 0.0645 e. The number of hydrogen-bond donors (Lipinski definition) is 0. The molecule has 0 spiro atoms. The molecule has 0 radical (unpaired) electrons. The molecule has 0 saturated heterocycles. The third kappa shape index (κ3) is 4.06. The molecule has 51 heavy (non-hydrogen) atoms. The Bertz CT molecular complexity index is 3330. The molecule has 0 amide bonds. The highest BCUT2D eigenvalue weighted by atomic mass is 15.0. The second kappa shape index (κ2) is 10.8. The van der Waals surface area contributed by atoms with E-state index in [4.69, 9.17) is 5.48 Å². The fraction of sp³-hybridized carbons (Fsp3) is 0. The summed E-state index contributed by atoms with van der Waals surface area (Å²) in [6, 6.07) is 56.5. The van der Waals surface area contributed by atoms with Gasteiger partial charge < -0.3 is 13.7 Å². The Morgan fingerprint density at radius 1 is 0.333 bits per heavy atom. The van der Waals surface area contributed by atoms with Gasteiger partial charge in [0.05, 0.1) is 44.3 Å². The standard InChI is InChI=1S/C48H31N3/c1-7-22-42(51-46-26-11-4-19-38(46)39-20-5-12-27-47(39)51)35(16-1)32-14-13-15-33(30-32)49-45-25-10-6-21-40(45)41-31-34(28-29-48(41)49)50-43-23-8-2-17-36(43)37-18-3-9-24-44(37)50/h1-31H/i4D,11D,19D,26D. The maximum absolute atomic E-state index is 9.03. The van der Waals surface area contributed by atoms with Crippen LogP contribution in [-0.2, 0) is 0 Å². The number of rotatable bonds is 4. The third-order valence-corrected chi connectivity index (χ3v) is 10.4. The Balaban J connectivity index is 1.12. The summed E-state index contributed by atoms with van der Waals surface area (Å²) in [6.45, 7) is 0. The average molecular weight is 654 g/mol. The molecule has 3 heterocycles. The average Bonchev–Trinajstić information content (AvgIpc) is 3.88. The Morgan fingerprint density at radius 3 is 1.53 bits per heavy atom. The number of benzene rings is 8. The van der Waals surface area contributed by atoms with E-state index in [0.717, 1.165) is 50.1 Å². The molecule has 0 aliphatic carbocycles. The minimum atomic E-state index is -0.242. The lowest BCUT2D eigenvalue weighted by Gasteiger charge is -2.15. The van der Waals surface area contributed by atoms with E-state index in [1.165, 1.54) is 32.6 Å². The van der Waals surface area contributed by atoms with Gasteiger partial charge in [-0.3, -0.25) is 0 Å². The van der Waals surface area contributed by atoms with Gasteiger partial charge >= 0.3 is 0 Å². The highest BCUT2D eigenvalue weighted by Crippen LogP contribution is 2.39. The van der Waals surface area contributed by atoms with Gasteiger partial charge in [-0.05, 0) is 72.3 Å². The molecule has 0 N–H and O–H groups in total. The van der Waals surface area contributed by atoms with Gasteiger partial charge in [0, 0.05) is 49.3 Å². The fourth-order valence-electron chi connectivity index (χ4n) is 8.22. The summed E-state index contributed by atoms with van der Waals surface area (Å²) >= 11 is 0. The summed E-state index contributed by atoms with van der Waals surface area (Å²) in [7, 11) is 0. The summed E-state index contributed by atoms with van der Waals surface area (Å²) in [4.78, 5) is 0. The Kier molecular flexibility index (Phi) is 5.16. The highest BCUT2D eigenvalue weighted by molar-refractivity contribution is 6.13. The summed E-state index contributed by atoms with van der Waals surface area (Å²) in [5, 5.41) is 6.12. The maximum atomic E-state index is 9.03. The number of hydrogen-bond acceptors (Lipinski definition) is 0. The lowest BCUT2D eigenvalue weighted by Crippen LogP contribution is -1.98. The van der Waals surface area contributed by atoms with Gasteiger partial charge in [0.1, 0.15) is 0 Å². The molecule has 0 unspecified atom stereocenters. The zero-order chi connectivity index (χ0) is 36.9. The van der Waals surface area contributed by atoms with Crippen LogP contribution in [0.5, 0.6) is 0 Å². The van der Waals surface area contributed by atoms with Gasteiger partial charge in [0.25, 0.3) is 0 Å². The molecule has 3 nitrogen and oxygen atoms in total. The van der Waals surface area contributed by atoms with Gasteiger partial charge in [-0.15, -0.1) is 0 Å². The minimum Gasteiger partial charge on any atom is -0.309 e. The van der Waals surface area contributed by atoms with E-state index in [-0.39, 0.29) is 24.2 Å². The van der Waals surface area contributed by atoms with E-state index in [9.17, 15) is 0 Å². The first-order chi connectivity index (χ1) is 27.0. The molecule has 3 aromatic heterocycles. The Hall–Kier alpha value is -6.84. The highest BCUT2D eigenvalue weighted by Gasteiger charge is 2.18. The molecule has 0 fully saturated rings. The van der Waals surface area contributed by atoms with Crippen LogP contribution in [0.25, 0.3) is 93.6 Å². The Labute approximate surface area is 300 Å². The van der Waals surface area contributed by atoms with Gasteiger partial charge in [-0.25, -0.2) is 0 Å². The summed E-state index contributed by atoms with van der Waals surface area (Å²) < 4.78 is 41.6. The number of fused-ring (bicyclic) bond motifs is 9. The lowest BCUT2D eigenvalue weighted by molar-refractivity contribution is 1.16. The van der Waals surface area contributed by atoms with Crippen LogP contribution in [0, 0.1) is 0 Å². The van der Waals surface area contributed by atoms with Crippen molar-refractivity contribution in [2.75, 3.05) is 0 Å². The fourth-order valence-corrected chi connectivity index (χ4v) is 8.22. The topological polar surface area (TPSA) is 14.8 Å². The zero-order valence-electron chi connectivity index (χ0n) is 31.4. The first-order valence-corrected chi connectivity index (χ1v) is 17.2. The first-order valence-electron chi connectivity index (χ1n) is 19.2. The molecule has 0 atom stereocenters. The first kappa shape index (κ1) is 24.3. The van der Waals surface area contributed by atoms with Crippen molar-refractivity contribution in [2.24, 2.45) is 0 Å². The largest absolute Gasteiger partial charge is 0.309 e. The molecule has 0 bridgehead atoms. The molecule has 0 aliphatic rings. The summed E-state index contributed by atoms with van der Waals surface area (Å²) in [6.07, 6.45) is 0. The van der Waals surface area contributed by atoms with Crippen LogP contribution in [0.4, 0.5) is 0 Å². The molecule has 11 aromatic rings. The predicted octanol–water partition coefficient (Wildman–Crippen LogP) is 12.6. The minimum absolute atomic E-state index is 0.0295. The van der Waals surface area contributed by atoms with Crippen molar-refractivity contribution in [3.05, 3.63) is 188 Å². The van der Waals surface area contributed by atoms with Crippen LogP contribution < -0.4 is 0 Å². The monoisotopic (exact) mass is 653 g/mol. The van der Waals surface area contributed by atoms with Crippen molar-refractivity contribution < 1.29 is 5.48 Å². The number of para-hydroxylation sites is 6. The van der Waals surface area contributed by atoms with E-state index in [1.54, 1.807) is 0 Å². The molecule has 8 aromatic carbocycles. The van der Waals surface area contributed by atoms with Crippen molar-refractivity contribution in [3.63, 3.8) is 0 Å². The van der Waals surface area contributed by atoms with Crippen LogP contribution in [0.3, 0.4) is 0 Å². The van der Waals surface area contributed by atoms with Crippen LogP contribution in [0.15, 0.2) is 188 Å². The molecule has 0 aliphatic heterocycles. The van der Waals surface area contributed by atoms with Crippen molar-refractivity contribution in [3.8, 4) is 28.2 Å². The van der Waals surface area contributed by atoms with Gasteiger partial charge in [-0.1, -0.05) is 121 Å². The van der Waals surface area contributed by atoms with Crippen molar-refractivity contribution in [1.82, 2.24) is 13.7 Å². The van der Waals surface area contributed by atoms with E-state index < -0.39 is 0 Å². The summed E-state index contributed by atoms with van der Waals surface area (Å²) in [5.41, 5.74) is 10.8. The Morgan fingerprint density at radius 2 is 0.843 bits per heavy atom. The number of nitrogens with zero attached hydrogens (tertiary/aromatic N) is 3.